The van der Waals surface area contributed by atoms with Gasteiger partial charge in [0.15, 0.2) is 0 Å². The molecule has 0 unspecified atom stereocenters. The third-order valence-electron chi connectivity index (χ3n) is 1.15. The molecule has 0 bridgehead atoms. The van der Waals surface area contributed by atoms with Gasteiger partial charge >= 0.3 is 0 Å². The molecule has 0 N–H and O–H groups in total. The quantitative estimate of drug-likeness (QED) is 0.581. The number of hydrogen-bond donors (Lipinski definition) is 0. The number of ether oxygens (including phenoxy) is 1. The van der Waals surface area contributed by atoms with Crippen LogP contribution >= 0.6 is 0 Å². The molecular formula is C7H8N2O2. The Morgan fingerprint density at radius 3 is 3.18 bits per heavy atom. The molecule has 1 rings (SSSR count). The van der Waals surface area contributed by atoms with E-state index in [1.54, 1.807) is 12.3 Å². The molecule has 0 aliphatic heterocycles. The zero-order chi connectivity index (χ0) is 8.10. The topological polar surface area (TPSA) is 52.1 Å². The van der Waals surface area contributed by atoms with Crippen molar-refractivity contribution in [3.05, 3.63) is 18.1 Å². The Balaban J connectivity index is 2.82. The molecule has 4 heteroatoms. The molecule has 0 fully saturated rings. The highest BCUT2D eigenvalue weighted by molar-refractivity contribution is 5.52. The van der Waals surface area contributed by atoms with Gasteiger partial charge < -0.3 is 9.53 Å². The van der Waals surface area contributed by atoms with Gasteiger partial charge in [0.2, 0.25) is 5.88 Å². The van der Waals surface area contributed by atoms with Gasteiger partial charge in [-0.1, -0.05) is 0 Å². The molecular weight excluding hydrogens is 144 g/mol. The first kappa shape index (κ1) is 7.65. The molecule has 0 atom stereocenters. The number of methoxy groups -OCH3 is 1. The first-order chi connectivity index (χ1) is 5.36. The second kappa shape index (κ2) is 3.65. The van der Waals surface area contributed by atoms with Crippen LogP contribution in [0, 0.1) is 0 Å². The van der Waals surface area contributed by atoms with E-state index in [4.69, 9.17) is 4.74 Å². The molecule has 0 aliphatic rings. The third-order valence-corrected chi connectivity index (χ3v) is 1.15. The summed E-state index contributed by atoms with van der Waals surface area (Å²) in [5.74, 6) is 0.969. The van der Waals surface area contributed by atoms with E-state index in [0.717, 1.165) is 6.29 Å². The van der Waals surface area contributed by atoms with Crippen molar-refractivity contribution in [1.29, 1.82) is 0 Å². The maximum atomic E-state index is 10.1. The number of aromatic nitrogens is 2. The van der Waals surface area contributed by atoms with Crippen molar-refractivity contribution in [3.8, 4) is 5.88 Å². The lowest BCUT2D eigenvalue weighted by Crippen LogP contribution is -1.97. The van der Waals surface area contributed by atoms with Gasteiger partial charge in [0, 0.05) is 12.3 Å². The van der Waals surface area contributed by atoms with Gasteiger partial charge in [-0.3, -0.25) is 0 Å². The average Bonchev–Trinajstić information content (AvgIpc) is 2.06. The van der Waals surface area contributed by atoms with Gasteiger partial charge in [0.25, 0.3) is 0 Å². The lowest BCUT2D eigenvalue weighted by molar-refractivity contribution is -0.107. The number of hydrogen-bond acceptors (Lipinski definition) is 4. The largest absolute Gasteiger partial charge is 0.481 e. The SMILES string of the molecule is COc1ccnc(CC=O)n1. The number of rotatable bonds is 3. The number of aldehydes is 1. The van der Waals surface area contributed by atoms with Gasteiger partial charge in [-0.15, -0.1) is 0 Å². The van der Waals surface area contributed by atoms with E-state index in [0.29, 0.717) is 11.7 Å². The smallest absolute Gasteiger partial charge is 0.216 e. The van der Waals surface area contributed by atoms with Crippen LogP contribution in [0.1, 0.15) is 5.82 Å². The molecule has 0 aromatic carbocycles. The van der Waals surface area contributed by atoms with E-state index in [-0.39, 0.29) is 6.42 Å². The normalized spacial score (nSPS) is 9.18. The van der Waals surface area contributed by atoms with Crippen LogP contribution in [-0.4, -0.2) is 23.4 Å². The Kier molecular flexibility index (Phi) is 2.54. The second-order valence-electron chi connectivity index (χ2n) is 1.89. The van der Waals surface area contributed by atoms with Crippen LogP contribution in [0.25, 0.3) is 0 Å². The summed E-state index contributed by atoms with van der Waals surface area (Å²) in [6.07, 6.45) is 2.55. The van der Waals surface area contributed by atoms with E-state index in [1.165, 1.54) is 7.11 Å². The molecule has 4 nitrogen and oxygen atoms in total. The minimum Gasteiger partial charge on any atom is -0.481 e. The van der Waals surface area contributed by atoms with Crippen LogP contribution in [0.5, 0.6) is 5.88 Å². The third kappa shape index (κ3) is 2.00. The summed E-state index contributed by atoms with van der Waals surface area (Å²) in [5, 5.41) is 0. The Morgan fingerprint density at radius 1 is 1.73 bits per heavy atom. The highest BCUT2D eigenvalue weighted by Crippen LogP contribution is 2.02. The highest BCUT2D eigenvalue weighted by atomic mass is 16.5. The molecule has 58 valence electrons. The van der Waals surface area contributed by atoms with Gasteiger partial charge in [0.05, 0.1) is 13.5 Å². The fourth-order valence-electron chi connectivity index (χ4n) is 0.667. The van der Waals surface area contributed by atoms with Crippen molar-refractivity contribution < 1.29 is 9.53 Å². The number of carbonyl (C=O) groups excluding carboxylic acids is 1. The van der Waals surface area contributed by atoms with Crippen molar-refractivity contribution in [3.63, 3.8) is 0 Å². The molecule has 0 saturated heterocycles. The maximum absolute atomic E-state index is 10.1. The number of nitrogens with zero attached hydrogens (tertiary/aromatic N) is 2. The summed E-state index contributed by atoms with van der Waals surface area (Å²) in [7, 11) is 1.52. The first-order valence-corrected chi connectivity index (χ1v) is 3.16. The Hall–Kier alpha value is -1.45. The standard InChI is InChI=1S/C7H8N2O2/c1-11-7-2-4-8-6(9-7)3-5-10/h2,4-5H,3H2,1H3. The van der Waals surface area contributed by atoms with Crippen LogP contribution in [-0.2, 0) is 11.2 Å². The molecule has 1 aromatic heterocycles. The fourth-order valence-corrected chi connectivity index (χ4v) is 0.667. The Bertz CT molecular complexity index is 250. The van der Waals surface area contributed by atoms with Crippen LogP contribution in [0.2, 0.25) is 0 Å². The molecule has 0 radical (unpaired) electrons. The van der Waals surface area contributed by atoms with E-state index >= 15 is 0 Å². The van der Waals surface area contributed by atoms with Gasteiger partial charge in [-0.2, -0.15) is 4.98 Å². The van der Waals surface area contributed by atoms with Gasteiger partial charge in [-0.25, -0.2) is 4.98 Å². The molecule has 11 heavy (non-hydrogen) atoms. The summed E-state index contributed by atoms with van der Waals surface area (Å²) >= 11 is 0. The zero-order valence-corrected chi connectivity index (χ0v) is 6.15. The van der Waals surface area contributed by atoms with Crippen LogP contribution in [0.3, 0.4) is 0 Å². The second-order valence-corrected chi connectivity index (χ2v) is 1.89. The molecule has 1 heterocycles. The van der Waals surface area contributed by atoms with E-state index in [2.05, 4.69) is 9.97 Å². The van der Waals surface area contributed by atoms with Gasteiger partial charge in [0.1, 0.15) is 12.1 Å². The monoisotopic (exact) mass is 152 g/mol. The van der Waals surface area contributed by atoms with Crippen molar-refractivity contribution in [2.24, 2.45) is 0 Å². The predicted octanol–water partition coefficient (Wildman–Crippen LogP) is 0.227. The molecule has 0 aliphatic carbocycles. The first-order valence-electron chi connectivity index (χ1n) is 3.16. The summed E-state index contributed by atoms with van der Waals surface area (Å²) < 4.78 is 4.83. The summed E-state index contributed by atoms with van der Waals surface area (Å²) in [5.41, 5.74) is 0. The molecule has 0 saturated carbocycles. The van der Waals surface area contributed by atoms with Crippen LogP contribution < -0.4 is 4.74 Å². The average molecular weight is 152 g/mol. The fraction of sp³-hybridized carbons (Fsp3) is 0.286. The van der Waals surface area contributed by atoms with E-state index < -0.39 is 0 Å². The van der Waals surface area contributed by atoms with Gasteiger partial charge in [-0.05, 0) is 0 Å². The Morgan fingerprint density at radius 2 is 2.55 bits per heavy atom. The maximum Gasteiger partial charge on any atom is 0.216 e. The van der Waals surface area contributed by atoms with Crippen molar-refractivity contribution in [1.82, 2.24) is 9.97 Å². The molecule has 0 spiro atoms. The van der Waals surface area contributed by atoms with Crippen molar-refractivity contribution >= 4 is 6.29 Å². The van der Waals surface area contributed by atoms with Crippen molar-refractivity contribution in [2.75, 3.05) is 7.11 Å². The minimum atomic E-state index is 0.233. The summed E-state index contributed by atoms with van der Waals surface area (Å²) in [4.78, 5) is 17.8. The summed E-state index contributed by atoms with van der Waals surface area (Å²) in [6.45, 7) is 0. The lowest BCUT2D eigenvalue weighted by Gasteiger charge is -1.97. The highest BCUT2D eigenvalue weighted by Gasteiger charge is 1.96. The van der Waals surface area contributed by atoms with Crippen LogP contribution in [0.4, 0.5) is 0 Å². The van der Waals surface area contributed by atoms with E-state index in [1.807, 2.05) is 0 Å². The zero-order valence-electron chi connectivity index (χ0n) is 6.15. The minimum absolute atomic E-state index is 0.233. The lowest BCUT2D eigenvalue weighted by atomic mass is 10.4. The molecule has 0 amide bonds. The number of carbonyl (C=O) groups is 1. The summed E-state index contributed by atoms with van der Waals surface area (Å²) in [6, 6.07) is 1.63. The van der Waals surface area contributed by atoms with Crippen LogP contribution in [0.15, 0.2) is 12.3 Å². The Labute approximate surface area is 64.2 Å². The van der Waals surface area contributed by atoms with Crippen molar-refractivity contribution in [2.45, 2.75) is 6.42 Å². The predicted molar refractivity (Wildman–Crippen MR) is 38.4 cm³/mol. The van der Waals surface area contributed by atoms with E-state index in [9.17, 15) is 4.79 Å². The molecule has 1 aromatic rings.